The summed E-state index contributed by atoms with van der Waals surface area (Å²) in [5.41, 5.74) is 3.04. The van der Waals surface area contributed by atoms with Crippen LogP contribution in [0.5, 0.6) is 0 Å². The fourth-order valence-corrected chi connectivity index (χ4v) is 4.07. The third-order valence-electron chi connectivity index (χ3n) is 4.50. The van der Waals surface area contributed by atoms with Crippen molar-refractivity contribution < 1.29 is 9.18 Å². The molecule has 0 atom stereocenters. The number of hydrogen-bond donors (Lipinski definition) is 0. The number of halogens is 3. The molecule has 0 saturated carbocycles. The smallest absolute Gasteiger partial charge is 0.267 e. The summed E-state index contributed by atoms with van der Waals surface area (Å²) in [4.78, 5) is 19.4. The molecule has 0 saturated heterocycles. The molecule has 30 heavy (non-hydrogen) atoms. The molecule has 0 N–H and O–H groups in total. The monoisotopic (exact) mass is 456 g/mol. The Morgan fingerprint density at radius 1 is 1.00 bits per heavy atom. The highest BCUT2D eigenvalue weighted by atomic mass is 35.5. The van der Waals surface area contributed by atoms with Crippen LogP contribution in [0.2, 0.25) is 10.0 Å². The average molecular weight is 457 g/mol. The molecule has 1 heterocycles. The summed E-state index contributed by atoms with van der Waals surface area (Å²) in [6, 6.07) is 18.5. The van der Waals surface area contributed by atoms with E-state index >= 15 is 0 Å². The van der Waals surface area contributed by atoms with Crippen LogP contribution in [0.4, 0.5) is 15.2 Å². The Balaban J connectivity index is 1.79. The number of hydrogen-bond acceptors (Lipinski definition) is 3. The van der Waals surface area contributed by atoms with Crippen LogP contribution in [-0.2, 0) is 0 Å². The largest absolute Gasteiger partial charge is 0.268 e. The van der Waals surface area contributed by atoms with E-state index in [0.717, 1.165) is 11.1 Å². The van der Waals surface area contributed by atoms with Crippen LogP contribution in [0.3, 0.4) is 0 Å². The molecule has 0 aliphatic carbocycles. The fourth-order valence-electron chi connectivity index (χ4n) is 2.92. The summed E-state index contributed by atoms with van der Waals surface area (Å²) in [5.74, 6) is -1.08. The van der Waals surface area contributed by atoms with Crippen LogP contribution in [-0.4, -0.2) is 10.9 Å². The number of carbonyl (C=O) groups is 1. The van der Waals surface area contributed by atoms with Crippen LogP contribution in [0.25, 0.3) is 11.3 Å². The van der Waals surface area contributed by atoms with Crippen molar-refractivity contribution in [1.29, 1.82) is 0 Å². The normalized spacial score (nSPS) is 10.8. The average Bonchev–Trinajstić information content (AvgIpc) is 3.21. The van der Waals surface area contributed by atoms with Crippen molar-refractivity contribution in [1.82, 2.24) is 4.98 Å². The third kappa shape index (κ3) is 4.10. The van der Waals surface area contributed by atoms with Gasteiger partial charge in [0.25, 0.3) is 5.91 Å². The van der Waals surface area contributed by atoms with Crippen molar-refractivity contribution in [2.45, 2.75) is 6.92 Å². The van der Waals surface area contributed by atoms with Crippen molar-refractivity contribution in [2.24, 2.45) is 0 Å². The maximum Gasteiger partial charge on any atom is 0.267 e. The topological polar surface area (TPSA) is 33.2 Å². The lowest BCUT2D eigenvalue weighted by molar-refractivity contribution is 0.0995. The van der Waals surface area contributed by atoms with Gasteiger partial charge in [-0.05, 0) is 43.3 Å². The quantitative estimate of drug-likeness (QED) is 0.317. The maximum atomic E-state index is 14.4. The molecular formula is C23H15Cl2FN2OS. The zero-order valence-electron chi connectivity index (χ0n) is 15.8. The number of nitrogens with zero attached hydrogens (tertiary/aromatic N) is 2. The molecule has 3 aromatic carbocycles. The minimum Gasteiger partial charge on any atom is -0.268 e. The molecule has 1 aromatic heterocycles. The number of anilines is 2. The predicted octanol–water partition coefficient (Wildman–Crippen LogP) is 7.54. The van der Waals surface area contributed by atoms with E-state index in [-0.39, 0.29) is 5.56 Å². The first-order valence-electron chi connectivity index (χ1n) is 9.00. The number of benzene rings is 3. The van der Waals surface area contributed by atoms with E-state index in [4.69, 9.17) is 23.2 Å². The van der Waals surface area contributed by atoms with Gasteiger partial charge in [-0.2, -0.15) is 0 Å². The van der Waals surface area contributed by atoms with E-state index in [1.807, 2.05) is 42.6 Å². The van der Waals surface area contributed by atoms with E-state index in [1.165, 1.54) is 28.4 Å². The summed E-state index contributed by atoms with van der Waals surface area (Å²) in [7, 11) is 0. The summed E-state index contributed by atoms with van der Waals surface area (Å²) < 4.78 is 14.4. The van der Waals surface area contributed by atoms with Crippen molar-refractivity contribution in [3.8, 4) is 11.3 Å². The summed E-state index contributed by atoms with van der Waals surface area (Å²) in [6.45, 7) is 1.96. The van der Waals surface area contributed by atoms with Crippen molar-refractivity contribution in [3.05, 3.63) is 99.1 Å². The highest BCUT2D eigenvalue weighted by molar-refractivity contribution is 7.14. The maximum absolute atomic E-state index is 14.4. The van der Waals surface area contributed by atoms with Crippen molar-refractivity contribution in [3.63, 3.8) is 0 Å². The van der Waals surface area contributed by atoms with E-state index in [2.05, 4.69) is 4.98 Å². The number of rotatable bonds is 4. The Labute approximate surface area is 187 Å². The number of thiazole rings is 1. The Morgan fingerprint density at radius 2 is 1.73 bits per heavy atom. The van der Waals surface area contributed by atoms with Gasteiger partial charge in [0.15, 0.2) is 5.13 Å². The molecule has 7 heteroatoms. The molecule has 150 valence electrons. The Morgan fingerprint density at radius 3 is 2.43 bits per heavy atom. The van der Waals surface area contributed by atoms with Crippen molar-refractivity contribution in [2.75, 3.05) is 4.90 Å². The molecule has 0 aliphatic rings. The molecule has 0 fully saturated rings. The summed E-state index contributed by atoms with van der Waals surface area (Å²) in [6.07, 6.45) is 0. The number of aryl methyl sites for hydroxylation is 1. The van der Waals surface area contributed by atoms with E-state index < -0.39 is 11.7 Å². The van der Waals surface area contributed by atoms with Crippen LogP contribution < -0.4 is 4.90 Å². The molecule has 4 aromatic rings. The predicted molar refractivity (Wildman–Crippen MR) is 122 cm³/mol. The van der Waals surface area contributed by atoms with Gasteiger partial charge >= 0.3 is 0 Å². The zero-order valence-corrected chi connectivity index (χ0v) is 18.1. The molecular weight excluding hydrogens is 442 g/mol. The zero-order chi connectivity index (χ0) is 21.3. The lowest BCUT2D eigenvalue weighted by Crippen LogP contribution is -2.26. The molecule has 1 amide bonds. The van der Waals surface area contributed by atoms with Gasteiger partial charge in [0, 0.05) is 10.9 Å². The molecule has 0 unspecified atom stereocenters. The molecule has 4 rings (SSSR count). The summed E-state index contributed by atoms with van der Waals surface area (Å²) in [5, 5.41) is 3.12. The van der Waals surface area contributed by atoms with Crippen LogP contribution in [0.1, 0.15) is 15.9 Å². The first-order chi connectivity index (χ1) is 14.4. The third-order valence-corrected chi connectivity index (χ3v) is 6.06. The SMILES string of the molecule is Cc1ccc(N(C(=O)c2ccccc2F)c2nc(-c3ccc(Cl)c(Cl)c3)cs2)cc1. The number of amides is 1. The lowest BCUT2D eigenvalue weighted by Gasteiger charge is -2.20. The minimum absolute atomic E-state index is 0.0237. The van der Waals surface area contributed by atoms with E-state index in [1.54, 1.807) is 24.3 Å². The molecule has 0 bridgehead atoms. The first kappa shape index (κ1) is 20.5. The Hall–Kier alpha value is -2.73. The van der Waals surface area contributed by atoms with Gasteiger partial charge < -0.3 is 0 Å². The van der Waals surface area contributed by atoms with Gasteiger partial charge in [-0.15, -0.1) is 11.3 Å². The number of carbonyl (C=O) groups excluding carboxylic acids is 1. The Bertz CT molecular complexity index is 1220. The van der Waals surface area contributed by atoms with Crippen molar-refractivity contribution >= 4 is 51.3 Å². The van der Waals surface area contributed by atoms with Crippen LogP contribution in [0, 0.1) is 12.7 Å². The molecule has 0 aliphatic heterocycles. The highest BCUT2D eigenvalue weighted by Crippen LogP contribution is 2.35. The standard InChI is InChI=1S/C23H15Cl2FN2OS/c1-14-6-9-16(10-7-14)28(22(29)17-4-2-3-5-20(17)26)23-27-21(13-30-23)15-8-11-18(24)19(25)12-15/h2-13H,1H3. The fraction of sp³-hybridized carbons (Fsp3) is 0.0435. The van der Waals surface area contributed by atoms with Crippen LogP contribution in [0.15, 0.2) is 72.1 Å². The van der Waals surface area contributed by atoms with E-state index in [0.29, 0.717) is 26.6 Å². The van der Waals surface area contributed by atoms with Crippen LogP contribution >= 0.6 is 34.5 Å². The van der Waals surface area contributed by atoms with Gasteiger partial charge in [-0.25, -0.2) is 9.37 Å². The van der Waals surface area contributed by atoms with Gasteiger partial charge in [-0.1, -0.05) is 59.1 Å². The molecule has 3 nitrogen and oxygen atoms in total. The minimum atomic E-state index is -0.583. The van der Waals surface area contributed by atoms with Gasteiger partial charge in [0.2, 0.25) is 0 Å². The second kappa shape index (κ2) is 8.56. The highest BCUT2D eigenvalue weighted by Gasteiger charge is 2.25. The molecule has 0 spiro atoms. The Kier molecular flexibility index (Phi) is 5.86. The van der Waals surface area contributed by atoms with Gasteiger partial charge in [0.1, 0.15) is 5.82 Å². The lowest BCUT2D eigenvalue weighted by atomic mass is 10.1. The van der Waals surface area contributed by atoms with E-state index in [9.17, 15) is 9.18 Å². The first-order valence-corrected chi connectivity index (χ1v) is 10.6. The van der Waals surface area contributed by atoms with Gasteiger partial charge in [-0.3, -0.25) is 9.69 Å². The number of aromatic nitrogens is 1. The summed E-state index contributed by atoms with van der Waals surface area (Å²) >= 11 is 13.4. The second-order valence-electron chi connectivity index (χ2n) is 6.60. The molecule has 0 radical (unpaired) electrons. The van der Waals surface area contributed by atoms with Gasteiger partial charge in [0.05, 0.1) is 27.0 Å². The second-order valence-corrected chi connectivity index (χ2v) is 8.25.